The minimum absolute atomic E-state index is 0.0309. The van der Waals surface area contributed by atoms with E-state index in [-0.39, 0.29) is 55.1 Å². The van der Waals surface area contributed by atoms with Crippen LogP contribution in [-0.4, -0.2) is 66.4 Å². The van der Waals surface area contributed by atoms with Gasteiger partial charge in [-0.3, -0.25) is 15.0 Å². The average Bonchev–Trinajstić information content (AvgIpc) is 3.09. The van der Waals surface area contributed by atoms with Crippen molar-refractivity contribution in [3.05, 3.63) is 114 Å². The van der Waals surface area contributed by atoms with Gasteiger partial charge in [-0.25, -0.2) is 13.4 Å². The minimum Gasteiger partial charge on any atom is -0.390 e. The molecular formula is C39H50N4O5S. The van der Waals surface area contributed by atoms with Gasteiger partial charge in [0.1, 0.15) is 0 Å². The third kappa shape index (κ3) is 11.0. The van der Waals surface area contributed by atoms with E-state index in [1.807, 2.05) is 113 Å². The van der Waals surface area contributed by atoms with E-state index in [1.54, 1.807) is 18.2 Å². The van der Waals surface area contributed by atoms with Gasteiger partial charge < -0.3 is 10.4 Å². The third-order valence-electron chi connectivity index (χ3n) is 8.57. The molecule has 3 atom stereocenters. The SMILES string of the molecule is CC[C@H](C)CC(=O)N(NC(=O)CNCc1ccccc1)C(Cc1ccccc1)[C@H](O)CN(CC(C)C)S(=O)(=O)c1ccc2ccccc2c1. The van der Waals surface area contributed by atoms with Crippen LogP contribution in [0.2, 0.25) is 0 Å². The van der Waals surface area contributed by atoms with Gasteiger partial charge >= 0.3 is 0 Å². The van der Waals surface area contributed by atoms with Crippen LogP contribution in [0.4, 0.5) is 0 Å². The van der Waals surface area contributed by atoms with Crippen LogP contribution in [0.25, 0.3) is 10.8 Å². The van der Waals surface area contributed by atoms with Gasteiger partial charge in [-0.15, -0.1) is 0 Å². The molecular weight excluding hydrogens is 637 g/mol. The molecule has 1 unspecified atom stereocenters. The number of rotatable bonds is 17. The number of hydrogen-bond acceptors (Lipinski definition) is 6. The maximum absolute atomic E-state index is 14.2. The van der Waals surface area contributed by atoms with Crippen LogP contribution >= 0.6 is 0 Å². The third-order valence-corrected chi connectivity index (χ3v) is 10.4. The molecule has 0 spiro atoms. The Morgan fingerprint density at radius 3 is 2.04 bits per heavy atom. The highest BCUT2D eigenvalue weighted by atomic mass is 32.2. The first kappa shape index (κ1) is 37.7. The number of fused-ring (bicyclic) bond motifs is 1. The van der Waals surface area contributed by atoms with Crippen LogP contribution in [-0.2, 0) is 32.6 Å². The predicted molar refractivity (Wildman–Crippen MR) is 195 cm³/mol. The van der Waals surface area contributed by atoms with Crippen molar-refractivity contribution in [1.29, 1.82) is 0 Å². The Labute approximate surface area is 291 Å². The second kappa shape index (κ2) is 18.1. The largest absolute Gasteiger partial charge is 0.390 e. The van der Waals surface area contributed by atoms with E-state index in [2.05, 4.69) is 10.7 Å². The maximum atomic E-state index is 14.2. The Bertz CT molecular complexity index is 1750. The van der Waals surface area contributed by atoms with Crippen molar-refractivity contribution in [3.8, 4) is 0 Å². The number of carbonyl (C=O) groups is 2. The predicted octanol–water partition coefficient (Wildman–Crippen LogP) is 5.54. The molecule has 0 aliphatic heterocycles. The molecule has 0 radical (unpaired) electrons. The lowest BCUT2D eigenvalue weighted by Gasteiger charge is -2.37. The standard InChI is InChI=1S/C39H50N4O5S/c1-5-30(4)22-39(46)43(41-38(45)26-40-25-32-16-10-7-11-17-32)36(23-31-14-8-6-9-15-31)37(44)28-42(27-29(2)3)49(47,48)35-21-20-33-18-12-13-19-34(33)24-35/h6-21,24,29-30,36-37,40,44H,5,22-23,25-28H2,1-4H3,(H,41,45)/t30-,36?,37+/m0/s1. The molecule has 4 aromatic rings. The van der Waals surface area contributed by atoms with Gasteiger partial charge in [0, 0.05) is 26.1 Å². The number of nitrogens with zero attached hydrogens (tertiary/aromatic N) is 2. The second-order valence-electron chi connectivity index (χ2n) is 13.2. The highest BCUT2D eigenvalue weighted by molar-refractivity contribution is 7.89. The molecule has 262 valence electrons. The maximum Gasteiger partial charge on any atom is 0.252 e. The van der Waals surface area contributed by atoms with Crippen LogP contribution in [0.3, 0.4) is 0 Å². The number of benzene rings is 4. The minimum atomic E-state index is -4.05. The Morgan fingerprint density at radius 1 is 0.796 bits per heavy atom. The Hall–Kier alpha value is -4.09. The number of carbonyl (C=O) groups excluding carboxylic acids is 2. The van der Waals surface area contributed by atoms with Crippen LogP contribution in [0, 0.1) is 11.8 Å². The molecule has 0 bridgehead atoms. The van der Waals surface area contributed by atoms with Crippen LogP contribution < -0.4 is 10.7 Å². The van der Waals surface area contributed by atoms with E-state index in [1.165, 1.54) is 9.31 Å². The van der Waals surface area contributed by atoms with E-state index in [0.717, 1.165) is 28.3 Å². The molecule has 4 aromatic carbocycles. The number of amides is 2. The van der Waals surface area contributed by atoms with Crippen molar-refractivity contribution in [2.75, 3.05) is 19.6 Å². The van der Waals surface area contributed by atoms with Crippen molar-refractivity contribution in [2.45, 2.75) is 70.5 Å². The molecule has 2 amide bonds. The highest BCUT2D eigenvalue weighted by Crippen LogP contribution is 2.25. The van der Waals surface area contributed by atoms with E-state index >= 15 is 0 Å². The Morgan fingerprint density at radius 2 is 1.41 bits per heavy atom. The number of hydrogen-bond donors (Lipinski definition) is 3. The summed E-state index contributed by atoms with van der Waals surface area (Å²) in [6.07, 6.45) is -0.244. The smallest absolute Gasteiger partial charge is 0.252 e. The summed E-state index contributed by atoms with van der Waals surface area (Å²) < 4.78 is 29.7. The molecule has 0 aromatic heterocycles. The van der Waals surface area contributed by atoms with Crippen molar-refractivity contribution in [3.63, 3.8) is 0 Å². The quantitative estimate of drug-likeness (QED) is 0.126. The monoisotopic (exact) mass is 686 g/mol. The number of aliphatic hydroxyl groups excluding tert-OH is 1. The lowest BCUT2D eigenvalue weighted by molar-refractivity contribution is -0.148. The van der Waals surface area contributed by atoms with Crippen molar-refractivity contribution in [2.24, 2.45) is 11.8 Å². The molecule has 0 aliphatic carbocycles. The molecule has 10 heteroatoms. The zero-order valence-corrected chi connectivity index (χ0v) is 29.8. The summed E-state index contributed by atoms with van der Waals surface area (Å²) >= 11 is 0. The highest BCUT2D eigenvalue weighted by Gasteiger charge is 2.36. The van der Waals surface area contributed by atoms with Gasteiger partial charge in [0.2, 0.25) is 15.9 Å². The molecule has 49 heavy (non-hydrogen) atoms. The van der Waals surface area contributed by atoms with E-state index in [0.29, 0.717) is 6.54 Å². The van der Waals surface area contributed by atoms with Crippen LogP contribution in [0.15, 0.2) is 108 Å². The van der Waals surface area contributed by atoms with E-state index < -0.39 is 28.1 Å². The first-order chi connectivity index (χ1) is 23.5. The van der Waals surface area contributed by atoms with E-state index in [9.17, 15) is 23.1 Å². The summed E-state index contributed by atoms with van der Waals surface area (Å²) in [5.74, 6) is -0.808. The molecule has 9 nitrogen and oxygen atoms in total. The van der Waals surface area contributed by atoms with Crippen molar-refractivity contribution in [1.82, 2.24) is 20.1 Å². The number of aliphatic hydroxyl groups is 1. The topological polar surface area (TPSA) is 119 Å². The fourth-order valence-electron chi connectivity index (χ4n) is 5.70. The fourth-order valence-corrected chi connectivity index (χ4v) is 7.36. The first-order valence-corrected chi connectivity index (χ1v) is 18.5. The van der Waals surface area contributed by atoms with Gasteiger partial charge in [0.05, 0.1) is 23.6 Å². The van der Waals surface area contributed by atoms with Gasteiger partial charge in [-0.2, -0.15) is 4.31 Å². The summed E-state index contributed by atoms with van der Waals surface area (Å²) in [4.78, 5) is 27.4. The van der Waals surface area contributed by atoms with Crippen LogP contribution in [0.1, 0.15) is 51.7 Å². The lowest BCUT2D eigenvalue weighted by Crippen LogP contribution is -2.60. The van der Waals surface area contributed by atoms with Gasteiger partial charge in [-0.05, 0) is 52.3 Å². The summed E-state index contributed by atoms with van der Waals surface area (Å²) in [6.45, 7) is 8.06. The average molecular weight is 687 g/mol. The zero-order chi connectivity index (χ0) is 35.4. The number of hydrazine groups is 1. The molecule has 0 saturated carbocycles. The lowest BCUT2D eigenvalue weighted by atomic mass is 9.98. The summed E-state index contributed by atoms with van der Waals surface area (Å²) in [5, 5.41) is 18.1. The summed E-state index contributed by atoms with van der Waals surface area (Å²) in [6, 6.07) is 30.7. The molecule has 0 fully saturated rings. The Kier molecular flexibility index (Phi) is 13.9. The molecule has 0 heterocycles. The molecule has 0 saturated heterocycles. The summed E-state index contributed by atoms with van der Waals surface area (Å²) in [5.41, 5.74) is 4.63. The van der Waals surface area contributed by atoms with Gasteiger partial charge in [0.25, 0.3) is 5.91 Å². The summed E-state index contributed by atoms with van der Waals surface area (Å²) in [7, 11) is -4.05. The fraction of sp³-hybridized carbons (Fsp3) is 0.385. The number of sulfonamides is 1. The number of nitrogens with one attached hydrogen (secondary N) is 2. The van der Waals surface area contributed by atoms with Crippen molar-refractivity contribution < 1.29 is 23.1 Å². The normalized spacial score (nSPS) is 13.7. The molecule has 4 rings (SSSR count). The van der Waals surface area contributed by atoms with Gasteiger partial charge in [-0.1, -0.05) is 125 Å². The molecule has 0 aliphatic rings. The second-order valence-corrected chi connectivity index (χ2v) is 15.1. The van der Waals surface area contributed by atoms with Crippen LogP contribution in [0.5, 0.6) is 0 Å². The Balaban J connectivity index is 1.65. The van der Waals surface area contributed by atoms with Crippen molar-refractivity contribution >= 4 is 32.6 Å². The van der Waals surface area contributed by atoms with Gasteiger partial charge in [0.15, 0.2) is 0 Å². The zero-order valence-electron chi connectivity index (χ0n) is 29.0. The van der Waals surface area contributed by atoms with E-state index in [4.69, 9.17) is 0 Å². The molecule has 3 N–H and O–H groups in total. The first-order valence-electron chi connectivity index (χ1n) is 17.0.